The average Bonchev–Trinajstić information content (AvgIpc) is 2.66. The number of nitrogens with zero attached hydrogens (tertiary/aromatic N) is 1. The molecule has 5 heteroatoms. The Bertz CT molecular complexity index is 246. The third-order valence-electron chi connectivity index (χ3n) is 4.60. The third-order valence-corrected chi connectivity index (χ3v) is 4.60. The quantitative estimate of drug-likeness (QED) is 0.206. The van der Waals surface area contributed by atoms with Gasteiger partial charge in [-0.2, -0.15) is 0 Å². The molecule has 0 aromatic rings. The molecule has 2 N–H and O–H groups in total. The fraction of sp³-hybridized carbons (Fsp3) is 1.00. The van der Waals surface area contributed by atoms with Crippen LogP contribution in [-0.4, -0.2) is 48.4 Å². The van der Waals surface area contributed by atoms with E-state index in [1.54, 1.807) is 0 Å². The summed E-state index contributed by atoms with van der Waals surface area (Å²) in [6.07, 6.45) is 20.2. The van der Waals surface area contributed by atoms with Gasteiger partial charge in [-0.05, 0) is 6.42 Å². The van der Waals surface area contributed by atoms with E-state index in [2.05, 4.69) is 6.92 Å². The molecular weight excluding hydrogens is 330 g/mol. The smallest absolute Gasteiger partial charge is 0.0942 e. The minimum absolute atomic E-state index is 0.0299. The van der Waals surface area contributed by atoms with E-state index in [1.807, 2.05) is 0 Å². The minimum Gasteiger partial charge on any atom is -0.394 e. The van der Waals surface area contributed by atoms with E-state index in [-0.39, 0.29) is 26.4 Å². The molecular formula is C21H45NO4. The molecule has 0 aliphatic rings. The van der Waals surface area contributed by atoms with E-state index in [1.165, 1.54) is 95.1 Å². The van der Waals surface area contributed by atoms with Crippen LogP contribution in [0, 0.1) is 0 Å². The first kappa shape index (κ1) is 25.8. The third kappa shape index (κ3) is 20.1. The van der Waals surface area contributed by atoms with Crippen LogP contribution >= 0.6 is 0 Å². The number of hydroxylamine groups is 2. The van der Waals surface area contributed by atoms with Crippen molar-refractivity contribution in [2.75, 3.05) is 33.0 Å². The molecule has 0 rings (SSSR count). The van der Waals surface area contributed by atoms with Crippen LogP contribution < -0.4 is 0 Å². The molecule has 26 heavy (non-hydrogen) atoms. The molecule has 0 aliphatic heterocycles. The summed E-state index contributed by atoms with van der Waals surface area (Å²) in [6.45, 7) is 3.35. The van der Waals surface area contributed by atoms with Crippen molar-refractivity contribution in [3.63, 3.8) is 0 Å². The van der Waals surface area contributed by atoms with Crippen molar-refractivity contribution in [1.82, 2.24) is 5.23 Å². The summed E-state index contributed by atoms with van der Waals surface area (Å²) in [7, 11) is 0. The fourth-order valence-electron chi connectivity index (χ4n) is 3.06. The number of aliphatic hydroxyl groups excluding tert-OH is 2. The lowest BCUT2D eigenvalue weighted by Gasteiger charge is -2.20. The number of aliphatic hydroxyl groups is 2. The fourth-order valence-corrected chi connectivity index (χ4v) is 3.06. The molecule has 158 valence electrons. The van der Waals surface area contributed by atoms with Crippen LogP contribution in [-0.2, 0) is 9.68 Å². The van der Waals surface area contributed by atoms with Crippen molar-refractivity contribution in [3.05, 3.63) is 0 Å². The Morgan fingerprint density at radius 1 is 0.538 bits per heavy atom. The van der Waals surface area contributed by atoms with Gasteiger partial charge in [0, 0.05) is 0 Å². The zero-order valence-electron chi connectivity index (χ0n) is 17.3. The first-order valence-corrected chi connectivity index (χ1v) is 11.1. The van der Waals surface area contributed by atoms with Gasteiger partial charge in [-0.15, -0.1) is 0 Å². The van der Waals surface area contributed by atoms with E-state index in [4.69, 9.17) is 19.9 Å². The van der Waals surface area contributed by atoms with Crippen LogP contribution in [0.5, 0.6) is 0 Å². The molecule has 0 aliphatic carbocycles. The van der Waals surface area contributed by atoms with Gasteiger partial charge in [0.1, 0.15) is 0 Å². The molecule has 0 amide bonds. The number of hydrogen-bond donors (Lipinski definition) is 2. The maximum atomic E-state index is 8.79. The summed E-state index contributed by atoms with van der Waals surface area (Å²) in [5.74, 6) is 0. The van der Waals surface area contributed by atoms with Crippen molar-refractivity contribution in [3.8, 4) is 0 Å². The minimum atomic E-state index is -0.0299. The molecule has 0 saturated carbocycles. The lowest BCUT2D eigenvalue weighted by molar-refractivity contribution is -0.371. The predicted molar refractivity (Wildman–Crippen MR) is 108 cm³/mol. The second kappa shape index (κ2) is 22.8. The van der Waals surface area contributed by atoms with Gasteiger partial charge in [-0.1, -0.05) is 102 Å². The molecule has 0 unspecified atom stereocenters. The zero-order chi connectivity index (χ0) is 19.1. The Kier molecular flexibility index (Phi) is 22.7. The van der Waals surface area contributed by atoms with Crippen LogP contribution in [0.1, 0.15) is 103 Å². The Hall–Kier alpha value is -0.200. The molecule has 0 bridgehead atoms. The number of rotatable bonds is 22. The van der Waals surface area contributed by atoms with Crippen molar-refractivity contribution in [1.29, 1.82) is 0 Å². The number of unbranched alkanes of at least 4 members (excludes halogenated alkanes) is 14. The highest BCUT2D eigenvalue weighted by atomic mass is 16.9. The SMILES string of the molecule is CCCCCCCCCCCCCCCCCN(OCCO)OCCO. The normalized spacial score (nSPS) is 11.5. The first-order chi connectivity index (χ1) is 12.8. The second-order valence-electron chi connectivity index (χ2n) is 7.12. The van der Waals surface area contributed by atoms with Gasteiger partial charge in [0.05, 0.1) is 33.0 Å². The summed E-state index contributed by atoms with van der Waals surface area (Å²) in [5.41, 5.74) is 0. The van der Waals surface area contributed by atoms with Crippen LogP contribution in [0.15, 0.2) is 0 Å². The summed E-state index contributed by atoms with van der Waals surface area (Å²) < 4.78 is 0. The predicted octanol–water partition coefficient (Wildman–Crippen LogP) is 5.01. The maximum absolute atomic E-state index is 8.79. The molecule has 0 spiro atoms. The highest BCUT2D eigenvalue weighted by molar-refractivity contribution is 4.50. The van der Waals surface area contributed by atoms with E-state index >= 15 is 0 Å². The van der Waals surface area contributed by atoms with Gasteiger partial charge >= 0.3 is 0 Å². The molecule has 0 saturated heterocycles. The summed E-state index contributed by atoms with van der Waals surface area (Å²) in [4.78, 5) is 10.5. The summed E-state index contributed by atoms with van der Waals surface area (Å²) in [5, 5.41) is 19.0. The van der Waals surface area contributed by atoms with Gasteiger partial charge in [0.25, 0.3) is 0 Å². The molecule has 0 heterocycles. The van der Waals surface area contributed by atoms with Gasteiger partial charge in [-0.25, -0.2) is 0 Å². The van der Waals surface area contributed by atoms with Crippen LogP contribution in [0.4, 0.5) is 0 Å². The standard InChI is InChI=1S/C21H45NO4/c1-2-3-4-5-6-7-8-9-10-11-12-13-14-15-16-17-22(25-20-18-23)26-21-19-24/h23-24H,2-21H2,1H3. The van der Waals surface area contributed by atoms with Gasteiger partial charge in [-0.3, -0.25) is 9.68 Å². The molecule has 0 aromatic carbocycles. The van der Waals surface area contributed by atoms with Crippen molar-refractivity contribution in [2.45, 2.75) is 103 Å². The Balaban J connectivity index is 3.26. The van der Waals surface area contributed by atoms with Gasteiger partial charge in [0.2, 0.25) is 0 Å². The lowest BCUT2D eigenvalue weighted by atomic mass is 10.0. The first-order valence-electron chi connectivity index (χ1n) is 11.1. The van der Waals surface area contributed by atoms with Crippen molar-refractivity contribution < 1.29 is 19.9 Å². The second-order valence-corrected chi connectivity index (χ2v) is 7.12. The topological polar surface area (TPSA) is 62.2 Å². The Labute approximate surface area is 162 Å². The van der Waals surface area contributed by atoms with Crippen molar-refractivity contribution >= 4 is 0 Å². The van der Waals surface area contributed by atoms with E-state index in [9.17, 15) is 0 Å². The van der Waals surface area contributed by atoms with E-state index in [0.29, 0.717) is 6.54 Å². The highest BCUT2D eigenvalue weighted by Gasteiger charge is 2.05. The van der Waals surface area contributed by atoms with Crippen LogP contribution in [0.2, 0.25) is 0 Å². The Morgan fingerprint density at radius 2 is 0.885 bits per heavy atom. The van der Waals surface area contributed by atoms with Gasteiger partial charge in [0.15, 0.2) is 0 Å². The monoisotopic (exact) mass is 375 g/mol. The number of hydrogen-bond acceptors (Lipinski definition) is 5. The maximum Gasteiger partial charge on any atom is 0.0942 e. The lowest BCUT2D eigenvalue weighted by Crippen LogP contribution is -2.28. The highest BCUT2D eigenvalue weighted by Crippen LogP contribution is 2.13. The molecule has 0 atom stereocenters. The molecule has 0 aromatic heterocycles. The zero-order valence-corrected chi connectivity index (χ0v) is 17.3. The summed E-state index contributed by atoms with van der Waals surface area (Å²) in [6, 6.07) is 0. The van der Waals surface area contributed by atoms with Crippen LogP contribution in [0.3, 0.4) is 0 Å². The van der Waals surface area contributed by atoms with E-state index < -0.39 is 0 Å². The van der Waals surface area contributed by atoms with Gasteiger partial charge < -0.3 is 10.2 Å². The van der Waals surface area contributed by atoms with Crippen molar-refractivity contribution in [2.24, 2.45) is 0 Å². The summed E-state index contributed by atoms with van der Waals surface area (Å²) >= 11 is 0. The van der Waals surface area contributed by atoms with E-state index in [0.717, 1.165) is 6.42 Å². The largest absolute Gasteiger partial charge is 0.394 e. The molecule has 0 fully saturated rings. The molecule has 0 radical (unpaired) electrons. The average molecular weight is 376 g/mol. The Morgan fingerprint density at radius 3 is 1.23 bits per heavy atom. The molecule has 5 nitrogen and oxygen atoms in total. The van der Waals surface area contributed by atoms with Crippen LogP contribution in [0.25, 0.3) is 0 Å².